The van der Waals surface area contributed by atoms with Crippen LogP contribution in [0.25, 0.3) is 0 Å². The van der Waals surface area contributed by atoms with E-state index in [4.69, 9.17) is 0 Å². The monoisotopic (exact) mass is 301 g/mol. The Morgan fingerprint density at radius 2 is 1.76 bits per heavy atom. The van der Waals surface area contributed by atoms with E-state index in [1.54, 1.807) is 12.1 Å². The summed E-state index contributed by atoms with van der Waals surface area (Å²) in [4.78, 5) is 1.33. The SMILES string of the molecule is CC(CCc1ccc(O)cc1)NCCSc1ccccc1. The van der Waals surface area contributed by atoms with Gasteiger partial charge >= 0.3 is 0 Å². The van der Waals surface area contributed by atoms with Crippen molar-refractivity contribution in [3.8, 4) is 5.75 Å². The van der Waals surface area contributed by atoms with E-state index in [1.165, 1.54) is 10.5 Å². The predicted molar refractivity (Wildman–Crippen MR) is 91.1 cm³/mol. The van der Waals surface area contributed by atoms with E-state index in [0.29, 0.717) is 11.8 Å². The molecule has 2 aromatic rings. The van der Waals surface area contributed by atoms with Gasteiger partial charge in [-0.1, -0.05) is 30.3 Å². The van der Waals surface area contributed by atoms with Crippen molar-refractivity contribution in [3.05, 3.63) is 60.2 Å². The first-order chi connectivity index (χ1) is 10.2. The molecule has 2 N–H and O–H groups in total. The molecule has 0 aliphatic carbocycles. The minimum absolute atomic E-state index is 0.336. The number of aryl methyl sites for hydroxylation is 1. The van der Waals surface area contributed by atoms with Crippen molar-refractivity contribution in [1.29, 1.82) is 0 Å². The summed E-state index contributed by atoms with van der Waals surface area (Å²) in [5.74, 6) is 1.43. The van der Waals surface area contributed by atoms with Crippen LogP contribution in [0.1, 0.15) is 18.9 Å². The summed E-state index contributed by atoms with van der Waals surface area (Å²) in [6.07, 6.45) is 2.15. The van der Waals surface area contributed by atoms with Crippen molar-refractivity contribution in [2.24, 2.45) is 0 Å². The third-order valence-electron chi connectivity index (χ3n) is 3.41. The number of phenols is 1. The molecule has 3 heteroatoms. The highest BCUT2D eigenvalue weighted by Gasteiger charge is 2.02. The summed E-state index contributed by atoms with van der Waals surface area (Å²) >= 11 is 1.89. The van der Waals surface area contributed by atoms with Crippen LogP contribution in [-0.2, 0) is 6.42 Å². The first-order valence-electron chi connectivity index (χ1n) is 7.43. The Balaban J connectivity index is 1.59. The van der Waals surface area contributed by atoms with E-state index in [-0.39, 0.29) is 0 Å². The smallest absolute Gasteiger partial charge is 0.115 e. The molecular weight excluding hydrogens is 278 g/mol. The molecule has 2 nitrogen and oxygen atoms in total. The Morgan fingerprint density at radius 1 is 1.05 bits per heavy atom. The largest absolute Gasteiger partial charge is 0.508 e. The molecule has 2 rings (SSSR count). The third-order valence-corrected chi connectivity index (χ3v) is 4.42. The van der Waals surface area contributed by atoms with Gasteiger partial charge in [-0.15, -0.1) is 11.8 Å². The summed E-state index contributed by atoms with van der Waals surface area (Å²) < 4.78 is 0. The average molecular weight is 301 g/mol. The molecule has 0 bridgehead atoms. The summed E-state index contributed by atoms with van der Waals surface area (Å²) in [7, 11) is 0. The van der Waals surface area contributed by atoms with Gasteiger partial charge in [0, 0.05) is 23.2 Å². The van der Waals surface area contributed by atoms with Crippen LogP contribution in [0.15, 0.2) is 59.5 Å². The van der Waals surface area contributed by atoms with Crippen LogP contribution in [0.5, 0.6) is 5.75 Å². The van der Waals surface area contributed by atoms with Crippen LogP contribution in [0.4, 0.5) is 0 Å². The molecule has 1 atom stereocenters. The zero-order valence-corrected chi connectivity index (χ0v) is 13.3. The Kier molecular flexibility index (Phi) is 6.64. The van der Waals surface area contributed by atoms with Gasteiger partial charge in [0.15, 0.2) is 0 Å². The van der Waals surface area contributed by atoms with Crippen LogP contribution < -0.4 is 5.32 Å². The molecule has 0 amide bonds. The van der Waals surface area contributed by atoms with E-state index >= 15 is 0 Å². The normalized spacial score (nSPS) is 12.2. The maximum absolute atomic E-state index is 9.26. The zero-order valence-electron chi connectivity index (χ0n) is 12.5. The third kappa shape index (κ3) is 6.23. The molecule has 0 spiro atoms. The highest BCUT2D eigenvalue weighted by atomic mass is 32.2. The standard InChI is InChI=1S/C18H23NOS/c1-15(7-8-16-9-11-17(20)12-10-16)19-13-14-21-18-5-3-2-4-6-18/h2-6,9-12,15,19-20H,7-8,13-14H2,1H3. The zero-order chi connectivity index (χ0) is 14.9. The first-order valence-corrected chi connectivity index (χ1v) is 8.42. The van der Waals surface area contributed by atoms with Crippen molar-refractivity contribution in [3.63, 3.8) is 0 Å². The van der Waals surface area contributed by atoms with E-state index < -0.39 is 0 Å². The Bertz CT molecular complexity index is 513. The van der Waals surface area contributed by atoms with E-state index in [9.17, 15) is 5.11 Å². The molecule has 0 saturated carbocycles. The van der Waals surface area contributed by atoms with E-state index in [1.807, 2.05) is 30.0 Å². The summed E-state index contributed by atoms with van der Waals surface area (Å²) in [5.41, 5.74) is 1.28. The summed E-state index contributed by atoms with van der Waals surface area (Å²) in [6.45, 7) is 3.25. The lowest BCUT2D eigenvalue weighted by atomic mass is 10.1. The second-order valence-electron chi connectivity index (χ2n) is 5.22. The molecule has 0 radical (unpaired) electrons. The lowest BCUT2D eigenvalue weighted by molar-refractivity contribution is 0.475. The highest BCUT2D eigenvalue weighted by Crippen LogP contribution is 2.16. The molecule has 0 heterocycles. The van der Waals surface area contributed by atoms with Gasteiger partial charge in [-0.3, -0.25) is 0 Å². The van der Waals surface area contributed by atoms with Crippen LogP contribution in [0.3, 0.4) is 0 Å². The lowest BCUT2D eigenvalue weighted by Crippen LogP contribution is -2.28. The quantitative estimate of drug-likeness (QED) is 0.569. The number of hydrogen-bond acceptors (Lipinski definition) is 3. The van der Waals surface area contributed by atoms with Gasteiger partial charge in [-0.2, -0.15) is 0 Å². The fourth-order valence-electron chi connectivity index (χ4n) is 2.14. The van der Waals surface area contributed by atoms with Gasteiger partial charge < -0.3 is 10.4 Å². The molecule has 0 saturated heterocycles. The number of phenolic OH excluding ortho intramolecular Hbond substituents is 1. The molecule has 112 valence electrons. The van der Waals surface area contributed by atoms with Crippen LogP contribution in [0.2, 0.25) is 0 Å². The Labute approximate surface area is 131 Å². The number of thioether (sulfide) groups is 1. The maximum Gasteiger partial charge on any atom is 0.115 e. The highest BCUT2D eigenvalue weighted by molar-refractivity contribution is 7.99. The number of hydrogen-bond donors (Lipinski definition) is 2. The van der Waals surface area contributed by atoms with Gasteiger partial charge in [0.1, 0.15) is 5.75 Å². The fourth-order valence-corrected chi connectivity index (χ4v) is 2.94. The van der Waals surface area contributed by atoms with Crippen molar-refractivity contribution >= 4 is 11.8 Å². The maximum atomic E-state index is 9.26. The van der Waals surface area contributed by atoms with Gasteiger partial charge in [0.05, 0.1) is 0 Å². The van der Waals surface area contributed by atoms with E-state index in [0.717, 1.165) is 25.1 Å². The van der Waals surface area contributed by atoms with E-state index in [2.05, 4.69) is 36.5 Å². The molecule has 0 aliphatic heterocycles. The van der Waals surface area contributed by atoms with Gasteiger partial charge in [-0.25, -0.2) is 0 Å². The van der Waals surface area contributed by atoms with Gasteiger partial charge in [0.25, 0.3) is 0 Å². The molecule has 21 heavy (non-hydrogen) atoms. The molecule has 2 aromatic carbocycles. The molecule has 1 unspecified atom stereocenters. The molecule has 0 fully saturated rings. The summed E-state index contributed by atoms with van der Waals surface area (Å²) in [6, 6.07) is 18.5. The van der Waals surface area contributed by atoms with Crippen LogP contribution in [-0.4, -0.2) is 23.4 Å². The van der Waals surface area contributed by atoms with Crippen molar-refractivity contribution < 1.29 is 5.11 Å². The van der Waals surface area contributed by atoms with Crippen molar-refractivity contribution in [2.75, 3.05) is 12.3 Å². The second kappa shape index (κ2) is 8.75. The lowest BCUT2D eigenvalue weighted by Gasteiger charge is -2.13. The number of benzene rings is 2. The number of rotatable bonds is 8. The number of nitrogens with one attached hydrogen (secondary N) is 1. The Hall–Kier alpha value is -1.45. The first kappa shape index (κ1) is 15.9. The second-order valence-corrected chi connectivity index (χ2v) is 6.39. The van der Waals surface area contributed by atoms with Gasteiger partial charge in [-0.05, 0) is 49.6 Å². The van der Waals surface area contributed by atoms with Crippen molar-refractivity contribution in [2.45, 2.75) is 30.7 Å². The Morgan fingerprint density at radius 3 is 2.48 bits per heavy atom. The fraction of sp³-hybridized carbons (Fsp3) is 0.333. The van der Waals surface area contributed by atoms with Crippen LogP contribution >= 0.6 is 11.8 Å². The minimum Gasteiger partial charge on any atom is -0.508 e. The average Bonchev–Trinajstić information content (AvgIpc) is 2.52. The number of aromatic hydroxyl groups is 1. The minimum atomic E-state index is 0.336. The molecule has 0 aliphatic rings. The van der Waals surface area contributed by atoms with Crippen LogP contribution in [0, 0.1) is 0 Å². The summed E-state index contributed by atoms with van der Waals surface area (Å²) in [5, 5.41) is 12.8. The van der Waals surface area contributed by atoms with Gasteiger partial charge in [0.2, 0.25) is 0 Å². The predicted octanol–water partition coefficient (Wildman–Crippen LogP) is 4.10. The van der Waals surface area contributed by atoms with Crippen molar-refractivity contribution in [1.82, 2.24) is 5.32 Å². The molecular formula is C18H23NOS. The molecule has 0 aromatic heterocycles. The topological polar surface area (TPSA) is 32.3 Å².